The van der Waals surface area contributed by atoms with E-state index in [1.54, 1.807) is 12.1 Å². The number of hydrogen-bond acceptors (Lipinski definition) is 3. The van der Waals surface area contributed by atoms with Crippen LogP contribution in [0, 0.1) is 0 Å². The summed E-state index contributed by atoms with van der Waals surface area (Å²) < 4.78 is 26.5. The molecule has 20 heavy (non-hydrogen) atoms. The van der Waals surface area contributed by atoms with E-state index in [4.69, 9.17) is 23.2 Å². The highest BCUT2D eigenvalue weighted by molar-refractivity contribution is 7.88. The second-order valence-corrected chi connectivity index (χ2v) is 7.18. The zero-order chi connectivity index (χ0) is 14.8. The number of amides is 1. The summed E-state index contributed by atoms with van der Waals surface area (Å²) in [5, 5.41) is 3.30. The van der Waals surface area contributed by atoms with Crippen molar-refractivity contribution in [1.82, 2.24) is 10.0 Å². The third kappa shape index (κ3) is 4.09. The molecule has 0 saturated carbocycles. The fourth-order valence-corrected chi connectivity index (χ4v) is 3.67. The molecular weight excluding hydrogens is 323 g/mol. The molecule has 1 aliphatic rings. The van der Waals surface area contributed by atoms with Crippen LogP contribution in [-0.4, -0.2) is 26.9 Å². The van der Waals surface area contributed by atoms with E-state index in [-0.39, 0.29) is 11.7 Å². The van der Waals surface area contributed by atoms with Crippen molar-refractivity contribution in [3.63, 3.8) is 0 Å². The molecule has 1 unspecified atom stereocenters. The van der Waals surface area contributed by atoms with Gasteiger partial charge in [-0.3, -0.25) is 4.79 Å². The van der Waals surface area contributed by atoms with Crippen molar-refractivity contribution < 1.29 is 13.2 Å². The number of sulfonamides is 1. The summed E-state index contributed by atoms with van der Waals surface area (Å²) in [7, 11) is -3.61. The first kappa shape index (κ1) is 15.6. The summed E-state index contributed by atoms with van der Waals surface area (Å²) in [6.07, 6.45) is 1.26. The summed E-state index contributed by atoms with van der Waals surface area (Å²) in [5.41, 5.74) is 0.517. The molecule has 1 aliphatic heterocycles. The molecule has 2 rings (SSSR count). The third-order valence-electron chi connectivity index (χ3n) is 2.95. The van der Waals surface area contributed by atoms with Crippen molar-refractivity contribution in [1.29, 1.82) is 0 Å². The van der Waals surface area contributed by atoms with E-state index in [1.807, 2.05) is 0 Å². The van der Waals surface area contributed by atoms with Gasteiger partial charge in [0.05, 0.1) is 15.8 Å². The van der Waals surface area contributed by atoms with Gasteiger partial charge in [-0.1, -0.05) is 29.3 Å². The van der Waals surface area contributed by atoms with Crippen molar-refractivity contribution >= 4 is 39.1 Å². The Bertz CT molecular complexity index is 619. The maximum absolute atomic E-state index is 12.0. The number of piperidine rings is 1. The van der Waals surface area contributed by atoms with Crippen LogP contribution >= 0.6 is 23.2 Å². The predicted molar refractivity (Wildman–Crippen MR) is 78.3 cm³/mol. The zero-order valence-electron chi connectivity index (χ0n) is 10.5. The van der Waals surface area contributed by atoms with Crippen LogP contribution in [0.5, 0.6) is 0 Å². The first-order valence-corrected chi connectivity index (χ1v) is 8.50. The van der Waals surface area contributed by atoms with Gasteiger partial charge >= 0.3 is 0 Å². The predicted octanol–water partition coefficient (Wildman–Crippen LogP) is 1.69. The molecule has 0 bridgehead atoms. The fraction of sp³-hybridized carbons (Fsp3) is 0.417. The van der Waals surface area contributed by atoms with Crippen LogP contribution in [0.1, 0.15) is 18.4 Å². The van der Waals surface area contributed by atoms with Crippen LogP contribution in [0.2, 0.25) is 10.0 Å². The Morgan fingerprint density at radius 3 is 2.70 bits per heavy atom. The number of carbonyl (C=O) groups excluding carboxylic acids is 1. The van der Waals surface area contributed by atoms with Crippen molar-refractivity contribution in [2.24, 2.45) is 0 Å². The smallest absolute Gasteiger partial charge is 0.238 e. The molecule has 110 valence electrons. The largest absolute Gasteiger partial charge is 0.355 e. The van der Waals surface area contributed by atoms with E-state index in [0.717, 1.165) is 6.42 Å². The molecule has 2 N–H and O–H groups in total. The number of rotatable bonds is 4. The lowest BCUT2D eigenvalue weighted by molar-refractivity contribution is -0.124. The van der Waals surface area contributed by atoms with Crippen LogP contribution in [0.15, 0.2) is 18.2 Å². The second kappa shape index (κ2) is 6.30. The van der Waals surface area contributed by atoms with E-state index < -0.39 is 16.1 Å². The normalized spacial score (nSPS) is 19.7. The van der Waals surface area contributed by atoms with Gasteiger partial charge in [0.15, 0.2) is 0 Å². The minimum Gasteiger partial charge on any atom is -0.355 e. The molecule has 0 spiro atoms. The molecule has 1 amide bonds. The van der Waals surface area contributed by atoms with Gasteiger partial charge in [0.2, 0.25) is 15.9 Å². The minimum atomic E-state index is -3.61. The zero-order valence-corrected chi connectivity index (χ0v) is 12.9. The molecule has 1 atom stereocenters. The van der Waals surface area contributed by atoms with Gasteiger partial charge in [-0.2, -0.15) is 0 Å². The average Bonchev–Trinajstić information content (AvgIpc) is 2.36. The first-order chi connectivity index (χ1) is 9.37. The van der Waals surface area contributed by atoms with Crippen LogP contribution in [-0.2, 0) is 20.6 Å². The lowest BCUT2D eigenvalue weighted by Crippen LogP contribution is -2.50. The molecule has 1 fully saturated rings. The Morgan fingerprint density at radius 2 is 2.05 bits per heavy atom. The van der Waals surface area contributed by atoms with Gasteiger partial charge in [-0.15, -0.1) is 0 Å². The maximum atomic E-state index is 12.0. The fourth-order valence-electron chi connectivity index (χ4n) is 1.99. The molecule has 1 heterocycles. The topological polar surface area (TPSA) is 75.3 Å². The quantitative estimate of drug-likeness (QED) is 0.878. The van der Waals surface area contributed by atoms with Crippen LogP contribution in [0.3, 0.4) is 0 Å². The standard InChI is InChI=1S/C12H14Cl2N2O3S/c13-9-4-3-8(6-10(9)14)7-20(18,19)16-11-2-1-5-15-12(11)17/h3-4,6,11,16H,1-2,5,7H2,(H,15,17). The van der Waals surface area contributed by atoms with E-state index in [0.29, 0.717) is 28.6 Å². The number of halogens is 2. The molecule has 0 radical (unpaired) electrons. The Balaban J connectivity index is 2.06. The second-order valence-electron chi connectivity index (χ2n) is 4.61. The van der Waals surface area contributed by atoms with Gasteiger partial charge in [-0.05, 0) is 30.5 Å². The van der Waals surface area contributed by atoms with Crippen molar-refractivity contribution in [3.8, 4) is 0 Å². The van der Waals surface area contributed by atoms with Gasteiger partial charge in [0.25, 0.3) is 0 Å². The summed E-state index contributed by atoms with van der Waals surface area (Å²) >= 11 is 11.6. The SMILES string of the molecule is O=C1NCCCC1NS(=O)(=O)Cc1ccc(Cl)c(Cl)c1. The number of benzene rings is 1. The summed E-state index contributed by atoms with van der Waals surface area (Å²) in [6.45, 7) is 0.587. The summed E-state index contributed by atoms with van der Waals surface area (Å²) in [6, 6.07) is 3.94. The molecule has 1 saturated heterocycles. The van der Waals surface area contributed by atoms with Crippen LogP contribution < -0.4 is 10.0 Å². The van der Waals surface area contributed by atoms with E-state index in [9.17, 15) is 13.2 Å². The van der Waals surface area contributed by atoms with Crippen LogP contribution in [0.4, 0.5) is 0 Å². The van der Waals surface area contributed by atoms with Gasteiger partial charge in [0, 0.05) is 6.54 Å². The van der Waals surface area contributed by atoms with E-state index >= 15 is 0 Å². The molecule has 0 aliphatic carbocycles. The lowest BCUT2D eigenvalue weighted by atomic mass is 10.1. The monoisotopic (exact) mass is 336 g/mol. The van der Waals surface area contributed by atoms with Gasteiger partial charge < -0.3 is 5.32 Å². The van der Waals surface area contributed by atoms with E-state index in [1.165, 1.54) is 6.07 Å². The van der Waals surface area contributed by atoms with Crippen molar-refractivity contribution in [2.75, 3.05) is 6.54 Å². The third-order valence-corrected chi connectivity index (χ3v) is 5.04. The molecule has 8 heteroatoms. The molecule has 0 aromatic heterocycles. The number of nitrogens with one attached hydrogen (secondary N) is 2. The van der Waals surface area contributed by atoms with E-state index in [2.05, 4.69) is 10.0 Å². The molecule has 5 nitrogen and oxygen atoms in total. The Labute approximate surface area is 127 Å². The Kier molecular flexibility index (Phi) is 4.90. The van der Waals surface area contributed by atoms with Crippen molar-refractivity contribution in [3.05, 3.63) is 33.8 Å². The van der Waals surface area contributed by atoms with Crippen LogP contribution in [0.25, 0.3) is 0 Å². The molecule has 1 aromatic carbocycles. The van der Waals surface area contributed by atoms with Gasteiger partial charge in [-0.25, -0.2) is 13.1 Å². The average molecular weight is 337 g/mol. The highest BCUT2D eigenvalue weighted by Crippen LogP contribution is 2.23. The number of carbonyl (C=O) groups is 1. The molecular formula is C12H14Cl2N2O3S. The highest BCUT2D eigenvalue weighted by Gasteiger charge is 2.26. The Hall–Kier alpha value is -0.820. The molecule has 1 aromatic rings. The van der Waals surface area contributed by atoms with Gasteiger partial charge in [0.1, 0.15) is 6.04 Å². The Morgan fingerprint density at radius 1 is 1.30 bits per heavy atom. The minimum absolute atomic E-state index is 0.242. The van der Waals surface area contributed by atoms with Crippen molar-refractivity contribution in [2.45, 2.75) is 24.6 Å². The maximum Gasteiger partial charge on any atom is 0.238 e. The number of hydrogen-bond donors (Lipinski definition) is 2. The highest BCUT2D eigenvalue weighted by atomic mass is 35.5. The summed E-state index contributed by atoms with van der Waals surface area (Å²) in [5.74, 6) is -0.526. The summed E-state index contributed by atoms with van der Waals surface area (Å²) in [4.78, 5) is 11.5. The first-order valence-electron chi connectivity index (χ1n) is 6.09. The lowest BCUT2D eigenvalue weighted by Gasteiger charge is -2.22.